The third-order valence-corrected chi connectivity index (χ3v) is 4.61. The number of rotatable bonds is 7. The van der Waals surface area contributed by atoms with Gasteiger partial charge >= 0.3 is 6.03 Å². The quantitative estimate of drug-likeness (QED) is 0.683. The van der Waals surface area contributed by atoms with Crippen molar-refractivity contribution in [2.24, 2.45) is 5.92 Å². The molecule has 27 heavy (non-hydrogen) atoms. The predicted octanol–water partition coefficient (Wildman–Crippen LogP) is 2.82. The van der Waals surface area contributed by atoms with Gasteiger partial charge in [-0.3, -0.25) is 9.69 Å². The number of amides is 3. The zero-order valence-corrected chi connectivity index (χ0v) is 16.8. The molecule has 2 rings (SSSR count). The van der Waals surface area contributed by atoms with E-state index in [1.807, 2.05) is 19.1 Å². The van der Waals surface area contributed by atoms with E-state index >= 15 is 0 Å². The molecule has 7 heteroatoms. The molecule has 3 N–H and O–H groups in total. The summed E-state index contributed by atoms with van der Waals surface area (Å²) < 4.78 is 5.44. The van der Waals surface area contributed by atoms with Crippen molar-refractivity contribution in [3.05, 3.63) is 23.8 Å². The van der Waals surface area contributed by atoms with Crippen LogP contribution in [0.25, 0.3) is 0 Å². The van der Waals surface area contributed by atoms with Crippen LogP contribution in [0.2, 0.25) is 0 Å². The molecule has 0 saturated carbocycles. The lowest BCUT2D eigenvalue weighted by Crippen LogP contribution is -2.49. The van der Waals surface area contributed by atoms with E-state index in [0.717, 1.165) is 38.3 Å². The van der Waals surface area contributed by atoms with Gasteiger partial charge in [0.1, 0.15) is 0 Å². The lowest BCUT2D eigenvalue weighted by molar-refractivity contribution is -0.114. The standard InChI is InChI=1S/C20H32N4O3/c1-14(2)11-18(24-7-9-27-10-8-24)13-21-20(26)23-19-12-17(22-16(4)25)6-5-15(19)3/h5-6,12,14,18H,7-11,13H2,1-4H3,(H,22,25)(H2,21,23,26). The van der Waals surface area contributed by atoms with Gasteiger partial charge in [0.25, 0.3) is 0 Å². The number of urea groups is 1. The van der Waals surface area contributed by atoms with Crippen LogP contribution >= 0.6 is 0 Å². The monoisotopic (exact) mass is 376 g/mol. The molecule has 0 radical (unpaired) electrons. The number of carbonyl (C=O) groups is 2. The first-order chi connectivity index (χ1) is 12.8. The van der Waals surface area contributed by atoms with Gasteiger partial charge in [0.2, 0.25) is 5.91 Å². The molecule has 7 nitrogen and oxygen atoms in total. The molecule has 1 aromatic rings. The molecule has 1 atom stereocenters. The van der Waals surface area contributed by atoms with Gasteiger partial charge < -0.3 is 20.7 Å². The summed E-state index contributed by atoms with van der Waals surface area (Å²) in [7, 11) is 0. The van der Waals surface area contributed by atoms with E-state index in [4.69, 9.17) is 4.74 Å². The highest BCUT2D eigenvalue weighted by atomic mass is 16.5. The molecule has 1 aliphatic heterocycles. The Morgan fingerprint density at radius 1 is 1.19 bits per heavy atom. The largest absolute Gasteiger partial charge is 0.379 e. The highest BCUT2D eigenvalue weighted by Gasteiger charge is 2.22. The van der Waals surface area contributed by atoms with Crippen molar-refractivity contribution in [1.29, 1.82) is 0 Å². The average molecular weight is 377 g/mol. The van der Waals surface area contributed by atoms with E-state index in [2.05, 4.69) is 34.7 Å². The van der Waals surface area contributed by atoms with Crippen LogP contribution in [0.4, 0.5) is 16.2 Å². The van der Waals surface area contributed by atoms with Crippen molar-refractivity contribution in [3.8, 4) is 0 Å². The Kier molecular flexibility index (Phi) is 8.06. The SMILES string of the molecule is CC(=O)Nc1ccc(C)c(NC(=O)NCC(CC(C)C)N2CCOCC2)c1. The van der Waals surface area contributed by atoms with Crippen LogP contribution in [0, 0.1) is 12.8 Å². The number of morpholine rings is 1. The summed E-state index contributed by atoms with van der Waals surface area (Å²) in [6.07, 6.45) is 1.03. The Labute approximate surface area is 161 Å². The minimum absolute atomic E-state index is 0.142. The van der Waals surface area contributed by atoms with Gasteiger partial charge in [0.05, 0.1) is 13.2 Å². The maximum atomic E-state index is 12.4. The fraction of sp³-hybridized carbons (Fsp3) is 0.600. The second-order valence-corrected chi connectivity index (χ2v) is 7.48. The highest BCUT2D eigenvalue weighted by Crippen LogP contribution is 2.20. The van der Waals surface area contributed by atoms with Crippen molar-refractivity contribution < 1.29 is 14.3 Å². The maximum absolute atomic E-state index is 12.4. The fourth-order valence-corrected chi connectivity index (χ4v) is 3.26. The first-order valence-corrected chi connectivity index (χ1v) is 9.60. The third-order valence-electron chi connectivity index (χ3n) is 4.61. The summed E-state index contributed by atoms with van der Waals surface area (Å²) in [5.74, 6) is 0.413. The third kappa shape index (κ3) is 7.19. The van der Waals surface area contributed by atoms with Gasteiger partial charge in [-0.05, 0) is 37.0 Å². The zero-order valence-electron chi connectivity index (χ0n) is 16.8. The summed E-state index contributed by atoms with van der Waals surface area (Å²) >= 11 is 0. The van der Waals surface area contributed by atoms with E-state index < -0.39 is 0 Å². The van der Waals surface area contributed by atoms with Crippen LogP contribution in [0.1, 0.15) is 32.8 Å². The Morgan fingerprint density at radius 2 is 1.89 bits per heavy atom. The van der Waals surface area contributed by atoms with E-state index in [1.165, 1.54) is 6.92 Å². The van der Waals surface area contributed by atoms with Gasteiger partial charge in [0.15, 0.2) is 0 Å². The van der Waals surface area contributed by atoms with Crippen molar-refractivity contribution in [2.45, 2.75) is 40.2 Å². The van der Waals surface area contributed by atoms with Crippen molar-refractivity contribution in [1.82, 2.24) is 10.2 Å². The number of benzene rings is 1. The summed E-state index contributed by atoms with van der Waals surface area (Å²) in [5, 5.41) is 8.62. The molecule has 3 amide bonds. The number of anilines is 2. The average Bonchev–Trinajstić information content (AvgIpc) is 2.61. The minimum atomic E-state index is -0.236. The number of hydrogen-bond acceptors (Lipinski definition) is 4. The molecule has 0 aliphatic carbocycles. The summed E-state index contributed by atoms with van der Waals surface area (Å²) in [6.45, 7) is 11.7. The van der Waals surface area contributed by atoms with Gasteiger partial charge in [0, 0.05) is 44.0 Å². The summed E-state index contributed by atoms with van der Waals surface area (Å²) in [6, 6.07) is 5.52. The Bertz CT molecular complexity index is 642. The number of ether oxygens (including phenoxy) is 1. The number of nitrogens with one attached hydrogen (secondary N) is 3. The second-order valence-electron chi connectivity index (χ2n) is 7.48. The van der Waals surface area contributed by atoms with Crippen LogP contribution in [-0.4, -0.2) is 55.7 Å². The molecule has 0 aromatic heterocycles. The van der Waals surface area contributed by atoms with Crippen LogP contribution in [-0.2, 0) is 9.53 Å². The highest BCUT2D eigenvalue weighted by molar-refractivity contribution is 5.93. The summed E-state index contributed by atoms with van der Waals surface area (Å²) in [4.78, 5) is 26.0. The zero-order chi connectivity index (χ0) is 19.8. The molecule has 0 bridgehead atoms. The van der Waals surface area contributed by atoms with Crippen LogP contribution in [0.5, 0.6) is 0 Å². The maximum Gasteiger partial charge on any atom is 0.319 e. The van der Waals surface area contributed by atoms with E-state index in [0.29, 0.717) is 29.9 Å². The Morgan fingerprint density at radius 3 is 2.52 bits per heavy atom. The Balaban J connectivity index is 1.94. The van der Waals surface area contributed by atoms with Crippen molar-refractivity contribution in [3.63, 3.8) is 0 Å². The van der Waals surface area contributed by atoms with Crippen molar-refractivity contribution in [2.75, 3.05) is 43.5 Å². The van der Waals surface area contributed by atoms with Crippen LogP contribution in [0.3, 0.4) is 0 Å². The molecule has 1 heterocycles. The lowest BCUT2D eigenvalue weighted by Gasteiger charge is -2.35. The predicted molar refractivity (Wildman–Crippen MR) is 108 cm³/mol. The molecule has 0 spiro atoms. The number of nitrogens with zero attached hydrogens (tertiary/aromatic N) is 1. The molecule has 1 aliphatic rings. The first kappa shape index (κ1) is 21.2. The molecule has 150 valence electrons. The van der Waals surface area contributed by atoms with Crippen LogP contribution in [0.15, 0.2) is 18.2 Å². The van der Waals surface area contributed by atoms with E-state index in [-0.39, 0.29) is 11.9 Å². The molecule has 1 unspecified atom stereocenters. The Hall–Kier alpha value is -2.12. The lowest BCUT2D eigenvalue weighted by atomic mass is 10.0. The number of carbonyl (C=O) groups excluding carboxylic acids is 2. The number of aryl methyl sites for hydroxylation is 1. The van der Waals surface area contributed by atoms with Gasteiger partial charge in [-0.15, -0.1) is 0 Å². The van der Waals surface area contributed by atoms with Gasteiger partial charge in [-0.1, -0.05) is 19.9 Å². The van der Waals surface area contributed by atoms with Crippen LogP contribution < -0.4 is 16.0 Å². The van der Waals surface area contributed by atoms with E-state index in [9.17, 15) is 9.59 Å². The molecule has 1 aromatic carbocycles. The summed E-state index contributed by atoms with van der Waals surface area (Å²) in [5.41, 5.74) is 2.28. The molecule has 1 fully saturated rings. The number of hydrogen-bond donors (Lipinski definition) is 3. The second kappa shape index (κ2) is 10.3. The smallest absolute Gasteiger partial charge is 0.319 e. The normalized spacial score (nSPS) is 16.0. The topological polar surface area (TPSA) is 82.7 Å². The molecule has 1 saturated heterocycles. The van der Waals surface area contributed by atoms with Gasteiger partial charge in [-0.25, -0.2) is 4.79 Å². The molecular formula is C20H32N4O3. The minimum Gasteiger partial charge on any atom is -0.379 e. The molecular weight excluding hydrogens is 344 g/mol. The van der Waals surface area contributed by atoms with E-state index in [1.54, 1.807) is 6.07 Å². The van der Waals surface area contributed by atoms with Crippen molar-refractivity contribution >= 4 is 23.3 Å². The first-order valence-electron chi connectivity index (χ1n) is 9.60. The van der Waals surface area contributed by atoms with Gasteiger partial charge in [-0.2, -0.15) is 0 Å². The fourth-order valence-electron chi connectivity index (χ4n) is 3.26.